The molecular weight excluding hydrogens is 609 g/mol. The van der Waals surface area contributed by atoms with Crippen LogP contribution in [0.4, 0.5) is 0 Å². The molecule has 0 N–H and O–H groups in total. The molecule has 1 saturated heterocycles. The Morgan fingerprint density at radius 1 is 0.578 bits per heavy atom. The number of carbonyl (C=O) groups excluding carboxylic acids is 3. The zero-order valence-electron chi connectivity index (χ0n) is 26.8. The van der Waals surface area contributed by atoms with Gasteiger partial charge in [0.15, 0.2) is 0 Å². The van der Waals surface area contributed by atoms with E-state index in [-0.39, 0.29) is 17.9 Å². The number of hydrogen-bond acceptors (Lipinski definition) is 9. The van der Waals surface area contributed by atoms with Gasteiger partial charge in [-0.25, -0.2) is 0 Å². The molecule has 2 atom stereocenters. The zero-order chi connectivity index (χ0) is 32.7. The molecule has 1 heterocycles. The molecule has 0 aromatic heterocycles. The first-order chi connectivity index (χ1) is 21.2. The van der Waals surface area contributed by atoms with Crippen molar-refractivity contribution in [1.29, 1.82) is 0 Å². The van der Waals surface area contributed by atoms with Crippen LogP contribution < -0.4 is 14.2 Å². The Morgan fingerprint density at radius 3 is 1.20 bits per heavy atom. The first-order valence-electron chi connectivity index (χ1n) is 15.1. The topological polar surface area (TPSA) is 107 Å². The summed E-state index contributed by atoms with van der Waals surface area (Å²) in [5, 5.41) is 0. The molecule has 0 aliphatic carbocycles. The smallest absolute Gasteiger partial charge is 0.328 e. The molecule has 0 amide bonds. The van der Waals surface area contributed by atoms with Crippen molar-refractivity contribution >= 4 is 35.0 Å². The maximum absolute atomic E-state index is 11.3. The number of ether oxygens (including phenoxy) is 3. The molecule has 2 unspecified atom stereocenters. The predicted molar refractivity (Wildman–Crippen MR) is 173 cm³/mol. The summed E-state index contributed by atoms with van der Waals surface area (Å²) in [5.41, 5.74) is 3.28. The van der Waals surface area contributed by atoms with Crippen LogP contribution in [0.15, 0.2) is 72.8 Å². The van der Waals surface area contributed by atoms with Gasteiger partial charge >= 0.3 is 35.0 Å². The van der Waals surface area contributed by atoms with E-state index in [1.165, 1.54) is 20.8 Å². The Balaban J connectivity index is 1.48. The monoisotopic (exact) mass is 650 g/mol. The van der Waals surface area contributed by atoms with Gasteiger partial charge in [-0.15, -0.1) is 0 Å². The van der Waals surface area contributed by atoms with Gasteiger partial charge in [0.25, 0.3) is 0 Å². The van der Waals surface area contributed by atoms with Crippen LogP contribution in [0.5, 0.6) is 17.2 Å². The lowest BCUT2D eigenvalue weighted by Gasteiger charge is -2.51. The molecule has 1 aliphatic heterocycles. The number of aryl methyl sites for hydroxylation is 3. The van der Waals surface area contributed by atoms with Crippen LogP contribution >= 0.6 is 0 Å². The van der Waals surface area contributed by atoms with Crippen LogP contribution in [-0.4, -0.2) is 40.8 Å². The van der Waals surface area contributed by atoms with Crippen molar-refractivity contribution in [2.24, 2.45) is 0 Å². The number of carbonyl (C=O) groups is 3. The summed E-state index contributed by atoms with van der Waals surface area (Å²) >= 11 is 0. The third-order valence-corrected chi connectivity index (χ3v) is 15.0. The molecule has 45 heavy (non-hydrogen) atoms. The summed E-state index contributed by atoms with van der Waals surface area (Å²) in [6, 6.07) is 24.0. The predicted octanol–water partition coefficient (Wildman–Crippen LogP) is 6.80. The first-order valence-corrected chi connectivity index (χ1v) is 20.2. The minimum atomic E-state index is -2.72. The fourth-order valence-electron chi connectivity index (χ4n) is 5.52. The average molecular weight is 651 g/mol. The van der Waals surface area contributed by atoms with Crippen molar-refractivity contribution in [3.05, 3.63) is 89.5 Å². The second-order valence-electron chi connectivity index (χ2n) is 11.9. The Morgan fingerprint density at radius 2 is 0.889 bits per heavy atom. The second kappa shape index (κ2) is 14.7. The second-order valence-corrected chi connectivity index (χ2v) is 18.7. The summed E-state index contributed by atoms with van der Waals surface area (Å²) in [6.45, 7) is 10.4. The Bertz CT molecular complexity index is 1290. The molecule has 0 bridgehead atoms. The molecule has 3 aromatic rings. The van der Waals surface area contributed by atoms with Crippen molar-refractivity contribution in [2.75, 3.05) is 0 Å². The summed E-state index contributed by atoms with van der Waals surface area (Å²) in [6.07, 6.45) is 2.83. The van der Waals surface area contributed by atoms with E-state index >= 15 is 0 Å². The fraction of sp³-hybridized carbons (Fsp3) is 0.382. The van der Waals surface area contributed by atoms with E-state index in [2.05, 4.69) is 13.1 Å². The van der Waals surface area contributed by atoms with Crippen molar-refractivity contribution in [2.45, 2.75) is 84.3 Å². The van der Waals surface area contributed by atoms with Crippen molar-refractivity contribution in [1.82, 2.24) is 0 Å². The quantitative estimate of drug-likeness (QED) is 0.119. The van der Waals surface area contributed by atoms with Gasteiger partial charge in [-0.2, -0.15) is 0 Å². The third-order valence-electron chi connectivity index (χ3n) is 7.45. The third kappa shape index (κ3) is 10.8. The molecular formula is C34H42O9Si2. The first kappa shape index (κ1) is 34.3. The largest absolute Gasteiger partial charge is 0.427 e. The minimum absolute atomic E-state index is 0.351. The Labute approximate surface area is 267 Å². The highest BCUT2D eigenvalue weighted by Gasteiger charge is 2.54. The Hall–Kier alpha value is -3.62. The van der Waals surface area contributed by atoms with Gasteiger partial charge in [0.05, 0.1) is 0 Å². The lowest BCUT2D eigenvalue weighted by molar-refractivity contribution is -0.160. The van der Waals surface area contributed by atoms with Crippen LogP contribution in [0.25, 0.3) is 0 Å². The van der Waals surface area contributed by atoms with Gasteiger partial charge in [0.2, 0.25) is 0 Å². The molecule has 1 aliphatic rings. The van der Waals surface area contributed by atoms with Crippen molar-refractivity contribution in [3.63, 3.8) is 0 Å². The van der Waals surface area contributed by atoms with Crippen molar-refractivity contribution in [3.8, 4) is 17.2 Å². The molecule has 0 radical (unpaired) electrons. The molecule has 3 aromatic carbocycles. The molecule has 1 fully saturated rings. The van der Waals surface area contributed by atoms with E-state index in [0.717, 1.165) is 41.6 Å². The molecule has 0 saturated carbocycles. The molecule has 0 spiro atoms. The molecule has 4 rings (SSSR count). The van der Waals surface area contributed by atoms with Crippen LogP contribution in [0.3, 0.4) is 0 Å². The molecule has 240 valence electrons. The SMILES string of the molecule is CC(=O)Oc1ccc(CCC2(C)O[Si](C)(CCc3ccc(OC(C)=O)cc3)O[Si](C)(CCc3ccc(OC(C)=O)cc3)O2)cc1. The van der Waals surface area contributed by atoms with Crippen LogP contribution in [0.1, 0.15) is 50.8 Å². The van der Waals surface area contributed by atoms with E-state index in [4.69, 9.17) is 27.2 Å². The summed E-state index contributed by atoms with van der Waals surface area (Å²) in [4.78, 5) is 33.9. The minimum Gasteiger partial charge on any atom is -0.427 e. The van der Waals surface area contributed by atoms with E-state index in [9.17, 15) is 14.4 Å². The van der Waals surface area contributed by atoms with E-state index in [0.29, 0.717) is 30.1 Å². The zero-order valence-corrected chi connectivity index (χ0v) is 28.8. The van der Waals surface area contributed by atoms with Gasteiger partial charge in [-0.05, 0) is 104 Å². The van der Waals surface area contributed by atoms with E-state index < -0.39 is 22.9 Å². The fourth-order valence-corrected chi connectivity index (χ4v) is 14.2. The van der Waals surface area contributed by atoms with E-state index in [1.807, 2.05) is 43.3 Å². The van der Waals surface area contributed by atoms with E-state index in [1.54, 1.807) is 36.4 Å². The highest BCUT2D eigenvalue weighted by atomic mass is 28.5. The van der Waals surface area contributed by atoms with Gasteiger partial charge in [0, 0.05) is 27.2 Å². The lowest BCUT2D eigenvalue weighted by atomic mass is 10.1. The average Bonchev–Trinajstić information content (AvgIpc) is 2.95. The van der Waals surface area contributed by atoms with Crippen LogP contribution in [0, 0.1) is 0 Å². The van der Waals surface area contributed by atoms with Gasteiger partial charge in [0.1, 0.15) is 23.0 Å². The maximum Gasteiger partial charge on any atom is 0.328 e. The number of esters is 3. The maximum atomic E-state index is 11.3. The normalized spacial score (nSPS) is 22.8. The van der Waals surface area contributed by atoms with Crippen LogP contribution in [-0.2, 0) is 46.6 Å². The number of hydrogen-bond donors (Lipinski definition) is 0. The highest BCUT2D eigenvalue weighted by molar-refractivity contribution is 6.80. The molecule has 11 heteroatoms. The Kier molecular flexibility index (Phi) is 11.2. The molecule has 9 nitrogen and oxygen atoms in total. The number of benzene rings is 3. The van der Waals surface area contributed by atoms with Gasteiger partial charge in [-0.1, -0.05) is 36.4 Å². The summed E-state index contributed by atoms with van der Waals surface area (Å²) in [5.74, 6) is -0.351. The lowest BCUT2D eigenvalue weighted by Crippen LogP contribution is -2.65. The summed E-state index contributed by atoms with van der Waals surface area (Å²) < 4.78 is 36.0. The number of rotatable bonds is 12. The van der Waals surface area contributed by atoms with Gasteiger partial charge in [-0.3, -0.25) is 14.4 Å². The van der Waals surface area contributed by atoms with Crippen LogP contribution in [0.2, 0.25) is 25.2 Å². The standard InChI is InChI=1S/C34H42O9Si2/c1-25(35)38-31-13-7-28(8-14-31)19-22-34(4)41-44(5,23-20-29-9-15-32(16-10-29)39-26(2)36)43-45(6,42-34)24-21-30-11-17-33(18-12-30)40-27(3)37/h7-18H,19-24H2,1-6H3. The van der Waals surface area contributed by atoms with Gasteiger partial charge < -0.3 is 27.2 Å². The highest BCUT2D eigenvalue weighted by Crippen LogP contribution is 2.40. The summed E-state index contributed by atoms with van der Waals surface area (Å²) in [7, 11) is -5.45. The van der Waals surface area contributed by atoms with Crippen molar-refractivity contribution < 1.29 is 41.6 Å².